The topological polar surface area (TPSA) is 47.6 Å². The van der Waals surface area contributed by atoms with Crippen molar-refractivity contribution in [1.82, 2.24) is 5.32 Å². The molecule has 0 aromatic carbocycles. The zero-order chi connectivity index (χ0) is 7.82. The molecular weight excluding hydrogens is 134 g/mol. The Morgan fingerprint density at radius 1 is 1.50 bits per heavy atom. The van der Waals surface area contributed by atoms with Gasteiger partial charge in [-0.3, -0.25) is 4.79 Å². The number of methoxy groups -OCH3 is 1. The molecule has 4 heteroatoms. The molecule has 60 valence electrons. The second-order valence-corrected chi connectivity index (χ2v) is 1.78. The van der Waals surface area contributed by atoms with Crippen LogP contribution in [0.4, 0.5) is 0 Å². The van der Waals surface area contributed by atoms with Crippen molar-refractivity contribution in [3.8, 4) is 0 Å². The average Bonchev–Trinajstić information content (AvgIpc) is 1.87. The summed E-state index contributed by atoms with van der Waals surface area (Å²) in [6.07, 6.45) is 0. The average molecular weight is 147 g/mol. The van der Waals surface area contributed by atoms with Gasteiger partial charge in [-0.2, -0.15) is 0 Å². The number of hydrogen-bond acceptors (Lipinski definition) is 3. The van der Waals surface area contributed by atoms with Crippen LogP contribution in [-0.2, 0) is 14.3 Å². The fourth-order valence-corrected chi connectivity index (χ4v) is 0.367. The summed E-state index contributed by atoms with van der Waals surface area (Å²) >= 11 is 0. The number of carbonyl (C=O) groups is 1. The Morgan fingerprint density at radius 2 is 2.20 bits per heavy atom. The Hall–Kier alpha value is -0.610. The number of amides is 1. The van der Waals surface area contributed by atoms with E-state index in [4.69, 9.17) is 9.47 Å². The quantitative estimate of drug-likeness (QED) is 0.430. The van der Waals surface area contributed by atoms with Crippen LogP contribution in [0, 0.1) is 0 Å². The second kappa shape index (κ2) is 6.51. The molecule has 0 radical (unpaired) electrons. The number of carbonyl (C=O) groups excluding carboxylic acids is 1. The highest BCUT2D eigenvalue weighted by molar-refractivity contribution is 5.72. The van der Waals surface area contributed by atoms with Crippen molar-refractivity contribution < 1.29 is 14.3 Å². The third-order valence-electron chi connectivity index (χ3n) is 0.855. The largest absolute Gasteiger partial charge is 0.382 e. The Morgan fingerprint density at radius 3 is 2.70 bits per heavy atom. The van der Waals surface area contributed by atoms with Gasteiger partial charge in [0.1, 0.15) is 6.73 Å². The lowest BCUT2D eigenvalue weighted by molar-refractivity contribution is -0.120. The van der Waals surface area contributed by atoms with Crippen molar-refractivity contribution in [3.63, 3.8) is 0 Å². The Kier molecular flexibility index (Phi) is 6.11. The van der Waals surface area contributed by atoms with E-state index in [1.807, 2.05) is 0 Å². The van der Waals surface area contributed by atoms with E-state index >= 15 is 0 Å². The zero-order valence-electron chi connectivity index (χ0n) is 6.35. The summed E-state index contributed by atoms with van der Waals surface area (Å²) in [6, 6.07) is 0. The van der Waals surface area contributed by atoms with Crippen molar-refractivity contribution in [3.05, 3.63) is 0 Å². The van der Waals surface area contributed by atoms with Gasteiger partial charge in [-0.1, -0.05) is 0 Å². The molecule has 0 fully saturated rings. The molecule has 0 aromatic rings. The highest BCUT2D eigenvalue weighted by Gasteiger charge is 1.88. The number of nitrogens with one attached hydrogen (secondary N) is 1. The molecule has 0 spiro atoms. The first-order chi connectivity index (χ1) is 4.77. The van der Waals surface area contributed by atoms with Crippen LogP contribution in [0.3, 0.4) is 0 Å². The second-order valence-electron chi connectivity index (χ2n) is 1.78. The van der Waals surface area contributed by atoms with Crippen LogP contribution >= 0.6 is 0 Å². The minimum absolute atomic E-state index is 0.0857. The van der Waals surface area contributed by atoms with Crippen LogP contribution in [-0.4, -0.2) is 33.0 Å². The number of hydrogen-bond donors (Lipinski definition) is 1. The summed E-state index contributed by atoms with van der Waals surface area (Å²) in [5.74, 6) is -0.0857. The van der Waals surface area contributed by atoms with Gasteiger partial charge in [0.2, 0.25) is 5.91 Å². The molecule has 0 atom stereocenters. The molecule has 0 bridgehead atoms. The summed E-state index contributed by atoms with van der Waals surface area (Å²) in [6.45, 7) is 2.77. The first-order valence-corrected chi connectivity index (χ1v) is 3.08. The minimum Gasteiger partial charge on any atom is -0.382 e. The van der Waals surface area contributed by atoms with Crippen molar-refractivity contribution in [2.24, 2.45) is 0 Å². The SMILES string of the molecule is COCCOCNC(C)=O. The zero-order valence-corrected chi connectivity index (χ0v) is 6.35. The first kappa shape index (κ1) is 9.39. The molecule has 0 unspecified atom stereocenters. The third-order valence-corrected chi connectivity index (χ3v) is 0.855. The van der Waals surface area contributed by atoms with Crippen molar-refractivity contribution in [2.75, 3.05) is 27.1 Å². The Balaban J connectivity index is 2.84. The van der Waals surface area contributed by atoms with Gasteiger partial charge in [-0.05, 0) is 0 Å². The Labute approximate surface area is 60.5 Å². The predicted molar refractivity (Wildman–Crippen MR) is 36.5 cm³/mol. The van der Waals surface area contributed by atoms with Crippen molar-refractivity contribution >= 4 is 5.91 Å². The lowest BCUT2D eigenvalue weighted by atomic mass is 10.7. The van der Waals surface area contributed by atoms with Gasteiger partial charge in [0.15, 0.2) is 0 Å². The Bertz CT molecular complexity index is 95.0. The molecular formula is C6H13NO3. The normalized spacial score (nSPS) is 9.40. The van der Waals surface area contributed by atoms with Crippen LogP contribution in [0.25, 0.3) is 0 Å². The van der Waals surface area contributed by atoms with Crippen molar-refractivity contribution in [2.45, 2.75) is 6.92 Å². The van der Waals surface area contributed by atoms with Gasteiger partial charge in [-0.15, -0.1) is 0 Å². The van der Waals surface area contributed by atoms with E-state index in [1.54, 1.807) is 7.11 Å². The molecule has 0 aliphatic heterocycles. The summed E-state index contributed by atoms with van der Waals surface area (Å²) in [7, 11) is 1.60. The first-order valence-electron chi connectivity index (χ1n) is 3.08. The fourth-order valence-electron chi connectivity index (χ4n) is 0.367. The van der Waals surface area contributed by atoms with E-state index in [0.29, 0.717) is 13.2 Å². The molecule has 4 nitrogen and oxygen atoms in total. The number of ether oxygens (including phenoxy) is 2. The monoisotopic (exact) mass is 147 g/mol. The summed E-state index contributed by atoms with van der Waals surface area (Å²) in [4.78, 5) is 10.3. The lowest BCUT2D eigenvalue weighted by Crippen LogP contribution is -2.23. The summed E-state index contributed by atoms with van der Waals surface area (Å²) in [5, 5.41) is 2.49. The molecule has 0 aliphatic carbocycles. The van der Waals surface area contributed by atoms with Gasteiger partial charge in [0.25, 0.3) is 0 Å². The standard InChI is InChI=1S/C6H13NO3/c1-6(8)7-5-10-4-3-9-2/h3-5H2,1-2H3,(H,7,8). The van der Waals surface area contributed by atoms with E-state index < -0.39 is 0 Å². The van der Waals surface area contributed by atoms with E-state index in [9.17, 15) is 4.79 Å². The molecule has 1 N–H and O–H groups in total. The van der Waals surface area contributed by atoms with Crippen molar-refractivity contribution in [1.29, 1.82) is 0 Å². The molecule has 0 saturated heterocycles. The maximum atomic E-state index is 10.3. The molecule has 0 heterocycles. The van der Waals surface area contributed by atoms with Crippen LogP contribution in [0.5, 0.6) is 0 Å². The van der Waals surface area contributed by atoms with Crippen LogP contribution in [0.15, 0.2) is 0 Å². The molecule has 0 saturated carbocycles. The van der Waals surface area contributed by atoms with Gasteiger partial charge in [-0.25, -0.2) is 0 Å². The van der Waals surface area contributed by atoms with Gasteiger partial charge in [0.05, 0.1) is 13.2 Å². The molecule has 0 aromatic heterocycles. The molecule has 0 rings (SSSR count). The van der Waals surface area contributed by atoms with E-state index in [1.165, 1.54) is 6.92 Å². The lowest BCUT2D eigenvalue weighted by Gasteiger charge is -2.02. The van der Waals surface area contributed by atoms with Gasteiger partial charge >= 0.3 is 0 Å². The van der Waals surface area contributed by atoms with Gasteiger partial charge in [0, 0.05) is 14.0 Å². The highest BCUT2D eigenvalue weighted by atomic mass is 16.5. The molecule has 0 aliphatic rings. The van der Waals surface area contributed by atoms with E-state index in [0.717, 1.165) is 0 Å². The van der Waals surface area contributed by atoms with Crippen LogP contribution in [0.1, 0.15) is 6.92 Å². The van der Waals surface area contributed by atoms with E-state index in [2.05, 4.69) is 5.32 Å². The highest BCUT2D eigenvalue weighted by Crippen LogP contribution is 1.72. The van der Waals surface area contributed by atoms with Crippen LogP contribution < -0.4 is 5.32 Å². The maximum absolute atomic E-state index is 10.3. The van der Waals surface area contributed by atoms with E-state index in [-0.39, 0.29) is 12.6 Å². The fraction of sp³-hybridized carbons (Fsp3) is 0.833. The minimum atomic E-state index is -0.0857. The maximum Gasteiger partial charge on any atom is 0.218 e. The van der Waals surface area contributed by atoms with Gasteiger partial charge < -0.3 is 14.8 Å². The molecule has 1 amide bonds. The third kappa shape index (κ3) is 7.39. The van der Waals surface area contributed by atoms with Crippen LogP contribution in [0.2, 0.25) is 0 Å². The molecule has 10 heavy (non-hydrogen) atoms. The summed E-state index contributed by atoms with van der Waals surface area (Å²) < 4.78 is 9.64. The smallest absolute Gasteiger partial charge is 0.218 e. The number of rotatable bonds is 5. The predicted octanol–water partition coefficient (Wildman–Crippen LogP) is -0.257. The summed E-state index contributed by atoms with van der Waals surface area (Å²) in [5.41, 5.74) is 0.